The zero-order valence-corrected chi connectivity index (χ0v) is 9.92. The summed E-state index contributed by atoms with van der Waals surface area (Å²) in [5.41, 5.74) is 1.68. The van der Waals surface area contributed by atoms with Crippen LogP contribution in [0.3, 0.4) is 0 Å². The largest absolute Gasteiger partial charge is 0.496 e. The van der Waals surface area contributed by atoms with Crippen molar-refractivity contribution in [3.05, 3.63) is 29.3 Å². The lowest BCUT2D eigenvalue weighted by Crippen LogP contribution is -2.33. The molecule has 1 aliphatic rings. The third-order valence-electron chi connectivity index (χ3n) is 3.18. The Morgan fingerprint density at radius 1 is 1.50 bits per heavy atom. The summed E-state index contributed by atoms with van der Waals surface area (Å²) in [7, 11) is 1.67. The number of ether oxygens (including phenoxy) is 1. The van der Waals surface area contributed by atoms with Crippen LogP contribution in [-0.2, 0) is 6.42 Å². The second kappa shape index (κ2) is 4.44. The van der Waals surface area contributed by atoms with Gasteiger partial charge in [0.2, 0.25) is 0 Å². The first-order valence-corrected chi connectivity index (χ1v) is 5.70. The fraction of sp³-hybridized carbons (Fsp3) is 0.538. The van der Waals surface area contributed by atoms with Crippen molar-refractivity contribution >= 4 is 0 Å². The predicted octanol–water partition coefficient (Wildman–Crippen LogP) is 1.27. The summed E-state index contributed by atoms with van der Waals surface area (Å²) in [5.74, 6) is 0.867. The van der Waals surface area contributed by atoms with Crippen molar-refractivity contribution in [2.75, 3.05) is 20.2 Å². The van der Waals surface area contributed by atoms with Crippen LogP contribution in [0.25, 0.3) is 0 Å². The minimum atomic E-state index is -0.610. The topological polar surface area (TPSA) is 41.5 Å². The second-order valence-corrected chi connectivity index (χ2v) is 4.64. The van der Waals surface area contributed by atoms with Crippen molar-refractivity contribution in [3.8, 4) is 5.75 Å². The lowest BCUT2D eigenvalue weighted by Gasteiger charge is -2.22. The highest BCUT2D eigenvalue weighted by Crippen LogP contribution is 2.27. The van der Waals surface area contributed by atoms with Crippen LogP contribution in [0, 0.1) is 6.92 Å². The molecule has 0 spiro atoms. The average Bonchev–Trinajstić information content (AvgIpc) is 2.65. The Hall–Kier alpha value is -1.06. The summed E-state index contributed by atoms with van der Waals surface area (Å²) in [6, 6.07) is 6.09. The third kappa shape index (κ3) is 2.36. The highest BCUT2D eigenvalue weighted by atomic mass is 16.5. The van der Waals surface area contributed by atoms with Gasteiger partial charge in [-0.1, -0.05) is 17.7 Å². The van der Waals surface area contributed by atoms with Gasteiger partial charge in [0, 0.05) is 13.0 Å². The van der Waals surface area contributed by atoms with Crippen LogP contribution in [0.15, 0.2) is 18.2 Å². The lowest BCUT2D eigenvalue weighted by atomic mass is 9.92. The molecule has 1 atom stereocenters. The minimum absolute atomic E-state index is 0.610. The van der Waals surface area contributed by atoms with Crippen molar-refractivity contribution in [2.45, 2.75) is 25.4 Å². The number of nitrogens with one attached hydrogen (secondary N) is 1. The van der Waals surface area contributed by atoms with Crippen LogP contribution in [0.4, 0.5) is 0 Å². The molecule has 3 heteroatoms. The first-order valence-electron chi connectivity index (χ1n) is 5.70. The molecule has 0 amide bonds. The van der Waals surface area contributed by atoms with Crippen molar-refractivity contribution in [1.82, 2.24) is 5.32 Å². The van der Waals surface area contributed by atoms with Crippen molar-refractivity contribution in [3.63, 3.8) is 0 Å². The van der Waals surface area contributed by atoms with Gasteiger partial charge in [-0.2, -0.15) is 0 Å². The molecule has 1 fully saturated rings. The van der Waals surface area contributed by atoms with Crippen LogP contribution < -0.4 is 10.1 Å². The highest BCUT2D eigenvalue weighted by molar-refractivity contribution is 5.38. The average molecular weight is 221 g/mol. The minimum Gasteiger partial charge on any atom is -0.496 e. The Balaban J connectivity index is 2.22. The second-order valence-electron chi connectivity index (χ2n) is 4.64. The number of aliphatic hydroxyl groups is 1. The first kappa shape index (κ1) is 11.4. The maximum Gasteiger partial charge on any atom is 0.122 e. The van der Waals surface area contributed by atoms with Gasteiger partial charge >= 0.3 is 0 Å². The van der Waals surface area contributed by atoms with Gasteiger partial charge in [-0.25, -0.2) is 0 Å². The van der Waals surface area contributed by atoms with Gasteiger partial charge < -0.3 is 15.2 Å². The maximum atomic E-state index is 10.3. The highest BCUT2D eigenvalue weighted by Gasteiger charge is 2.31. The zero-order valence-electron chi connectivity index (χ0n) is 9.92. The molecule has 1 aliphatic heterocycles. The van der Waals surface area contributed by atoms with Crippen molar-refractivity contribution < 1.29 is 9.84 Å². The molecule has 1 aromatic rings. The van der Waals surface area contributed by atoms with E-state index < -0.39 is 5.60 Å². The standard InChI is InChI=1S/C13H19NO2/c1-10-3-4-12(16-2)11(7-10)8-13(15)5-6-14-9-13/h3-4,7,14-15H,5-6,8-9H2,1-2H3. The van der Waals surface area contributed by atoms with E-state index >= 15 is 0 Å². The van der Waals surface area contributed by atoms with E-state index in [1.54, 1.807) is 7.11 Å². The summed E-state index contributed by atoms with van der Waals surface area (Å²) < 4.78 is 5.32. The quantitative estimate of drug-likeness (QED) is 0.807. The number of hydrogen-bond acceptors (Lipinski definition) is 3. The molecule has 88 valence electrons. The van der Waals surface area contributed by atoms with E-state index in [9.17, 15) is 5.11 Å². The van der Waals surface area contributed by atoms with Crippen LogP contribution in [0.1, 0.15) is 17.5 Å². The van der Waals surface area contributed by atoms with Gasteiger partial charge in [0.25, 0.3) is 0 Å². The van der Waals surface area contributed by atoms with Crippen molar-refractivity contribution in [2.24, 2.45) is 0 Å². The molecule has 0 saturated carbocycles. The first-order chi connectivity index (χ1) is 7.63. The molecule has 1 aromatic carbocycles. The van der Waals surface area contributed by atoms with E-state index in [0.717, 1.165) is 24.3 Å². The van der Waals surface area contributed by atoms with E-state index in [4.69, 9.17) is 4.74 Å². The molecular formula is C13H19NO2. The number of rotatable bonds is 3. The summed E-state index contributed by atoms with van der Waals surface area (Å²) in [6.45, 7) is 3.62. The van der Waals surface area contributed by atoms with Gasteiger partial charge in [-0.05, 0) is 31.5 Å². The molecule has 1 saturated heterocycles. The molecule has 1 heterocycles. The van der Waals surface area contributed by atoms with Crippen LogP contribution in [0.2, 0.25) is 0 Å². The molecule has 0 aliphatic carbocycles. The van der Waals surface area contributed by atoms with Crippen LogP contribution in [0.5, 0.6) is 5.75 Å². The summed E-state index contributed by atoms with van der Waals surface area (Å²) in [5, 5.41) is 13.5. The molecule has 3 nitrogen and oxygen atoms in total. The number of β-amino-alcohol motifs (C(OH)–C–C–N with tert-alkyl or cyclic N) is 1. The number of methoxy groups -OCH3 is 1. The number of aryl methyl sites for hydroxylation is 1. The fourth-order valence-corrected chi connectivity index (χ4v) is 2.28. The molecule has 0 bridgehead atoms. The monoisotopic (exact) mass is 221 g/mol. The Labute approximate surface area is 96.4 Å². The molecule has 1 unspecified atom stereocenters. The Morgan fingerprint density at radius 2 is 2.31 bits per heavy atom. The Morgan fingerprint density at radius 3 is 2.94 bits per heavy atom. The van der Waals surface area contributed by atoms with Gasteiger partial charge in [-0.3, -0.25) is 0 Å². The molecule has 0 aromatic heterocycles. The maximum absolute atomic E-state index is 10.3. The molecule has 2 rings (SSSR count). The van der Waals surface area contributed by atoms with E-state index in [2.05, 4.69) is 18.3 Å². The van der Waals surface area contributed by atoms with Gasteiger partial charge in [0.15, 0.2) is 0 Å². The smallest absolute Gasteiger partial charge is 0.122 e. The van der Waals surface area contributed by atoms with Gasteiger partial charge in [0.1, 0.15) is 5.75 Å². The van der Waals surface area contributed by atoms with Crippen molar-refractivity contribution in [1.29, 1.82) is 0 Å². The zero-order chi connectivity index (χ0) is 11.6. The van der Waals surface area contributed by atoms with E-state index in [0.29, 0.717) is 13.0 Å². The molecular weight excluding hydrogens is 202 g/mol. The normalized spacial score (nSPS) is 24.7. The summed E-state index contributed by atoms with van der Waals surface area (Å²) in [4.78, 5) is 0. The van der Waals surface area contributed by atoms with E-state index in [1.165, 1.54) is 5.56 Å². The molecule has 0 radical (unpaired) electrons. The molecule has 16 heavy (non-hydrogen) atoms. The number of benzene rings is 1. The fourth-order valence-electron chi connectivity index (χ4n) is 2.28. The Bertz CT molecular complexity index is 370. The lowest BCUT2D eigenvalue weighted by molar-refractivity contribution is 0.0612. The summed E-state index contributed by atoms with van der Waals surface area (Å²) in [6.07, 6.45) is 1.47. The summed E-state index contributed by atoms with van der Waals surface area (Å²) >= 11 is 0. The SMILES string of the molecule is COc1ccc(C)cc1CC1(O)CCNC1. The number of hydrogen-bond donors (Lipinski definition) is 2. The third-order valence-corrected chi connectivity index (χ3v) is 3.18. The van der Waals surface area contributed by atoms with Gasteiger partial charge in [0.05, 0.1) is 12.7 Å². The van der Waals surface area contributed by atoms with E-state index in [-0.39, 0.29) is 0 Å². The Kier molecular flexibility index (Phi) is 3.17. The predicted molar refractivity (Wildman–Crippen MR) is 63.9 cm³/mol. The van der Waals surface area contributed by atoms with Gasteiger partial charge in [-0.15, -0.1) is 0 Å². The molecule has 2 N–H and O–H groups in total. The van der Waals surface area contributed by atoms with Crippen LogP contribution >= 0.6 is 0 Å². The van der Waals surface area contributed by atoms with E-state index in [1.807, 2.05) is 12.1 Å². The van der Waals surface area contributed by atoms with Crippen LogP contribution in [-0.4, -0.2) is 30.9 Å².